The summed E-state index contributed by atoms with van der Waals surface area (Å²) in [5.74, 6) is 0.498. The zero-order valence-electron chi connectivity index (χ0n) is 14.5. The van der Waals surface area contributed by atoms with Crippen LogP contribution in [-0.2, 0) is 9.59 Å². The number of amides is 2. The topological polar surface area (TPSA) is 89.6 Å². The van der Waals surface area contributed by atoms with Crippen LogP contribution in [0.1, 0.15) is 24.3 Å². The van der Waals surface area contributed by atoms with Crippen LogP contribution in [0.15, 0.2) is 42.7 Å². The SMILES string of the molecule is COc1ccc2c(c1)[C@@H](C(=O)NCCCOc1cccnc1)CC(=O)N2. The first-order valence-electron chi connectivity index (χ1n) is 8.45. The van der Waals surface area contributed by atoms with Gasteiger partial charge in [0.25, 0.3) is 0 Å². The molecule has 7 heteroatoms. The van der Waals surface area contributed by atoms with Gasteiger partial charge >= 0.3 is 0 Å². The maximum atomic E-state index is 12.6. The third-order valence-electron chi connectivity index (χ3n) is 4.14. The van der Waals surface area contributed by atoms with E-state index in [1.807, 2.05) is 6.07 Å². The molecule has 2 aromatic rings. The van der Waals surface area contributed by atoms with E-state index in [1.54, 1.807) is 43.8 Å². The summed E-state index contributed by atoms with van der Waals surface area (Å²) in [7, 11) is 1.57. The molecule has 0 aliphatic carbocycles. The molecule has 0 saturated carbocycles. The zero-order chi connectivity index (χ0) is 18.4. The molecule has 1 aliphatic heterocycles. The van der Waals surface area contributed by atoms with E-state index in [9.17, 15) is 9.59 Å². The number of aromatic nitrogens is 1. The number of carbonyl (C=O) groups excluding carboxylic acids is 2. The number of hydrogen-bond acceptors (Lipinski definition) is 5. The van der Waals surface area contributed by atoms with E-state index in [0.29, 0.717) is 36.8 Å². The Morgan fingerprint density at radius 3 is 3.00 bits per heavy atom. The number of pyridine rings is 1. The Bertz CT molecular complexity index is 780. The highest BCUT2D eigenvalue weighted by Gasteiger charge is 2.30. The van der Waals surface area contributed by atoms with Crippen molar-refractivity contribution in [2.24, 2.45) is 0 Å². The Hall–Kier alpha value is -3.09. The van der Waals surface area contributed by atoms with Gasteiger partial charge in [-0.25, -0.2) is 0 Å². The fraction of sp³-hybridized carbons (Fsp3) is 0.316. The summed E-state index contributed by atoms with van der Waals surface area (Å²) in [5, 5.41) is 5.67. The van der Waals surface area contributed by atoms with Crippen LogP contribution in [-0.4, -0.2) is 37.1 Å². The number of carbonyl (C=O) groups is 2. The minimum absolute atomic E-state index is 0.123. The molecule has 0 saturated heterocycles. The van der Waals surface area contributed by atoms with Gasteiger partial charge in [-0.2, -0.15) is 0 Å². The molecule has 0 spiro atoms. The minimum atomic E-state index is -0.520. The normalized spacial score (nSPS) is 15.6. The lowest BCUT2D eigenvalue weighted by molar-refractivity contribution is -0.126. The van der Waals surface area contributed by atoms with E-state index < -0.39 is 5.92 Å². The van der Waals surface area contributed by atoms with Crippen molar-refractivity contribution in [3.8, 4) is 11.5 Å². The Labute approximate surface area is 151 Å². The van der Waals surface area contributed by atoms with Crippen molar-refractivity contribution in [1.29, 1.82) is 0 Å². The molecule has 1 aromatic heterocycles. The van der Waals surface area contributed by atoms with Crippen molar-refractivity contribution in [2.75, 3.05) is 25.6 Å². The van der Waals surface area contributed by atoms with Crippen molar-refractivity contribution < 1.29 is 19.1 Å². The van der Waals surface area contributed by atoms with Crippen molar-refractivity contribution in [1.82, 2.24) is 10.3 Å². The van der Waals surface area contributed by atoms with Crippen LogP contribution in [0.4, 0.5) is 5.69 Å². The summed E-state index contributed by atoms with van der Waals surface area (Å²) in [6, 6.07) is 8.94. The van der Waals surface area contributed by atoms with Gasteiger partial charge in [0.15, 0.2) is 0 Å². The summed E-state index contributed by atoms with van der Waals surface area (Å²) in [5.41, 5.74) is 1.43. The maximum Gasteiger partial charge on any atom is 0.228 e. The Balaban J connectivity index is 1.54. The van der Waals surface area contributed by atoms with Gasteiger partial charge in [-0.3, -0.25) is 14.6 Å². The molecule has 1 aliphatic rings. The molecular weight excluding hydrogens is 334 g/mol. The fourth-order valence-electron chi connectivity index (χ4n) is 2.83. The first-order valence-corrected chi connectivity index (χ1v) is 8.45. The minimum Gasteiger partial charge on any atom is -0.497 e. The quantitative estimate of drug-likeness (QED) is 0.743. The molecule has 2 amide bonds. The van der Waals surface area contributed by atoms with Gasteiger partial charge in [-0.05, 0) is 42.3 Å². The van der Waals surface area contributed by atoms with Crippen molar-refractivity contribution in [3.05, 3.63) is 48.3 Å². The van der Waals surface area contributed by atoms with Gasteiger partial charge in [0.1, 0.15) is 11.5 Å². The van der Waals surface area contributed by atoms with Crippen molar-refractivity contribution >= 4 is 17.5 Å². The van der Waals surface area contributed by atoms with E-state index in [2.05, 4.69) is 15.6 Å². The number of nitrogens with zero attached hydrogens (tertiary/aromatic N) is 1. The second kappa shape index (κ2) is 8.33. The van der Waals surface area contributed by atoms with Gasteiger partial charge in [0.2, 0.25) is 11.8 Å². The average molecular weight is 355 g/mol. The summed E-state index contributed by atoms with van der Waals surface area (Å²) >= 11 is 0. The highest BCUT2D eigenvalue weighted by molar-refractivity contribution is 6.01. The molecule has 1 atom stereocenters. The largest absolute Gasteiger partial charge is 0.497 e. The predicted molar refractivity (Wildman–Crippen MR) is 96.3 cm³/mol. The first kappa shape index (κ1) is 17.7. The van der Waals surface area contributed by atoms with E-state index in [4.69, 9.17) is 9.47 Å². The van der Waals surface area contributed by atoms with Gasteiger partial charge < -0.3 is 20.1 Å². The standard InChI is InChI=1S/C19H21N3O4/c1-25-13-5-6-17-15(10-13)16(11-18(23)22-17)19(24)21-8-3-9-26-14-4-2-7-20-12-14/h2,4-7,10,12,16H,3,8-9,11H2,1H3,(H,21,24)(H,22,23)/t16-/m0/s1. The summed E-state index contributed by atoms with van der Waals surface area (Å²) in [4.78, 5) is 28.4. The molecule has 2 heterocycles. The zero-order valence-corrected chi connectivity index (χ0v) is 14.5. The van der Waals surface area contributed by atoms with E-state index in [-0.39, 0.29) is 18.2 Å². The molecule has 1 aromatic carbocycles. The van der Waals surface area contributed by atoms with Gasteiger partial charge in [-0.1, -0.05) is 0 Å². The van der Waals surface area contributed by atoms with Crippen LogP contribution >= 0.6 is 0 Å². The van der Waals surface area contributed by atoms with Gasteiger partial charge in [0, 0.05) is 24.8 Å². The second-order valence-corrected chi connectivity index (χ2v) is 5.94. The number of ether oxygens (including phenoxy) is 2. The number of rotatable bonds is 7. The van der Waals surface area contributed by atoms with Crippen molar-refractivity contribution in [2.45, 2.75) is 18.8 Å². The number of benzene rings is 1. The number of fused-ring (bicyclic) bond motifs is 1. The monoisotopic (exact) mass is 355 g/mol. The third kappa shape index (κ3) is 4.30. The van der Waals surface area contributed by atoms with Crippen LogP contribution in [0.25, 0.3) is 0 Å². The molecule has 0 bridgehead atoms. The van der Waals surface area contributed by atoms with Gasteiger partial charge in [-0.15, -0.1) is 0 Å². The lowest BCUT2D eigenvalue weighted by Gasteiger charge is -2.25. The number of anilines is 1. The molecule has 2 N–H and O–H groups in total. The molecule has 0 unspecified atom stereocenters. The Morgan fingerprint density at radius 2 is 2.23 bits per heavy atom. The second-order valence-electron chi connectivity index (χ2n) is 5.94. The van der Waals surface area contributed by atoms with Gasteiger partial charge in [0.05, 0.1) is 25.8 Å². The fourth-order valence-corrected chi connectivity index (χ4v) is 2.83. The third-order valence-corrected chi connectivity index (χ3v) is 4.14. The number of nitrogens with one attached hydrogen (secondary N) is 2. The van der Waals surface area contributed by atoms with Crippen LogP contribution in [0.3, 0.4) is 0 Å². The highest BCUT2D eigenvalue weighted by Crippen LogP contribution is 2.34. The van der Waals surface area contributed by atoms with E-state index in [0.717, 1.165) is 5.56 Å². The summed E-state index contributed by atoms with van der Waals surface area (Å²) in [6.07, 6.45) is 4.10. The van der Waals surface area contributed by atoms with Crippen LogP contribution < -0.4 is 20.1 Å². The Morgan fingerprint density at radius 1 is 1.35 bits per heavy atom. The summed E-state index contributed by atoms with van der Waals surface area (Å²) < 4.78 is 10.8. The van der Waals surface area contributed by atoms with Crippen molar-refractivity contribution in [3.63, 3.8) is 0 Å². The van der Waals surface area contributed by atoms with E-state index in [1.165, 1.54) is 0 Å². The maximum absolute atomic E-state index is 12.6. The molecule has 7 nitrogen and oxygen atoms in total. The lowest BCUT2D eigenvalue weighted by atomic mass is 9.89. The molecule has 136 valence electrons. The molecule has 26 heavy (non-hydrogen) atoms. The van der Waals surface area contributed by atoms with E-state index >= 15 is 0 Å². The smallest absolute Gasteiger partial charge is 0.228 e. The average Bonchev–Trinajstić information content (AvgIpc) is 2.67. The van der Waals surface area contributed by atoms with Crippen LogP contribution in [0.2, 0.25) is 0 Å². The van der Waals surface area contributed by atoms with Crippen LogP contribution in [0, 0.1) is 0 Å². The summed E-state index contributed by atoms with van der Waals surface area (Å²) in [6.45, 7) is 0.943. The predicted octanol–water partition coefficient (Wildman–Crippen LogP) is 2.10. The lowest BCUT2D eigenvalue weighted by Crippen LogP contribution is -2.35. The van der Waals surface area contributed by atoms with Crippen LogP contribution in [0.5, 0.6) is 11.5 Å². The Kier molecular flexibility index (Phi) is 5.68. The molecule has 0 fully saturated rings. The molecular formula is C19H21N3O4. The molecule has 0 radical (unpaired) electrons. The number of methoxy groups -OCH3 is 1. The number of hydrogen-bond donors (Lipinski definition) is 2. The first-order chi connectivity index (χ1) is 12.7. The highest BCUT2D eigenvalue weighted by atomic mass is 16.5. The molecule has 3 rings (SSSR count).